The van der Waals surface area contributed by atoms with Crippen molar-refractivity contribution in [2.45, 2.75) is 0 Å². The highest BCUT2D eigenvalue weighted by atomic mass is 127. The Balaban J connectivity index is 2.50. The molecule has 17 heavy (non-hydrogen) atoms. The minimum atomic E-state index is 0.763. The molecule has 1 aromatic heterocycles. The molecule has 2 aromatic carbocycles. The molecule has 4 heteroatoms. The summed E-state index contributed by atoms with van der Waals surface area (Å²) in [5, 5.41) is 0. The van der Waals surface area contributed by atoms with Crippen LogP contribution in [-0.2, 0) is 0 Å². The van der Waals surface area contributed by atoms with Crippen molar-refractivity contribution in [2.75, 3.05) is 7.11 Å². The van der Waals surface area contributed by atoms with E-state index in [2.05, 4.69) is 32.6 Å². The largest absolute Gasteiger partial charge is 0.494 e. The van der Waals surface area contributed by atoms with Crippen molar-refractivity contribution in [1.82, 2.24) is 9.97 Å². The Morgan fingerprint density at radius 2 is 1.59 bits per heavy atom. The molecule has 0 N–H and O–H groups in total. The molecule has 0 fully saturated rings. The molecule has 3 nitrogen and oxygen atoms in total. The molecule has 0 aliphatic rings. The summed E-state index contributed by atoms with van der Waals surface area (Å²) in [4.78, 5) is 9.25. The van der Waals surface area contributed by atoms with E-state index in [1.807, 2.05) is 36.4 Å². The van der Waals surface area contributed by atoms with E-state index in [1.165, 1.54) is 0 Å². The molecule has 0 saturated carbocycles. The SMILES string of the molecule is COc1ccc(I)c2nc3ccccc3nc12. The van der Waals surface area contributed by atoms with Gasteiger partial charge in [-0.25, -0.2) is 9.97 Å². The van der Waals surface area contributed by atoms with Gasteiger partial charge < -0.3 is 4.74 Å². The number of hydrogen-bond acceptors (Lipinski definition) is 3. The maximum atomic E-state index is 5.33. The van der Waals surface area contributed by atoms with Crippen LogP contribution < -0.4 is 4.74 Å². The third kappa shape index (κ3) is 1.72. The van der Waals surface area contributed by atoms with Gasteiger partial charge in [0.15, 0.2) is 0 Å². The number of hydrogen-bond donors (Lipinski definition) is 0. The van der Waals surface area contributed by atoms with Gasteiger partial charge in [-0.15, -0.1) is 0 Å². The lowest BCUT2D eigenvalue weighted by Crippen LogP contribution is -1.93. The average Bonchev–Trinajstić information content (AvgIpc) is 2.38. The quantitative estimate of drug-likeness (QED) is 0.505. The number of benzene rings is 2. The van der Waals surface area contributed by atoms with Crippen LogP contribution in [0, 0.1) is 3.57 Å². The second-order valence-corrected chi connectivity index (χ2v) is 4.82. The first-order valence-electron chi connectivity index (χ1n) is 5.18. The molecule has 3 rings (SSSR count). The summed E-state index contributed by atoms with van der Waals surface area (Å²) in [7, 11) is 1.65. The number of nitrogens with zero attached hydrogens (tertiary/aromatic N) is 2. The maximum absolute atomic E-state index is 5.33. The number of aromatic nitrogens is 2. The Hall–Kier alpha value is -1.43. The first-order valence-corrected chi connectivity index (χ1v) is 6.26. The molecule has 84 valence electrons. The van der Waals surface area contributed by atoms with Gasteiger partial charge in [-0.05, 0) is 46.9 Å². The molecule has 0 spiro atoms. The zero-order valence-corrected chi connectivity index (χ0v) is 11.3. The van der Waals surface area contributed by atoms with Gasteiger partial charge in [-0.3, -0.25) is 0 Å². The summed E-state index contributed by atoms with van der Waals surface area (Å²) >= 11 is 2.27. The predicted octanol–water partition coefficient (Wildman–Crippen LogP) is 3.40. The lowest BCUT2D eigenvalue weighted by Gasteiger charge is -2.06. The minimum absolute atomic E-state index is 0.763. The number of rotatable bonds is 1. The van der Waals surface area contributed by atoms with Crippen molar-refractivity contribution in [3.05, 3.63) is 40.0 Å². The number of ether oxygens (including phenoxy) is 1. The van der Waals surface area contributed by atoms with Crippen LogP contribution in [0.4, 0.5) is 0 Å². The van der Waals surface area contributed by atoms with E-state index in [0.29, 0.717) is 0 Å². The van der Waals surface area contributed by atoms with E-state index in [4.69, 9.17) is 4.74 Å². The maximum Gasteiger partial charge on any atom is 0.146 e. The molecule has 3 aromatic rings. The van der Waals surface area contributed by atoms with Crippen molar-refractivity contribution >= 4 is 44.7 Å². The lowest BCUT2D eigenvalue weighted by atomic mass is 10.2. The number of fused-ring (bicyclic) bond motifs is 2. The minimum Gasteiger partial charge on any atom is -0.494 e. The molecule has 0 amide bonds. The smallest absolute Gasteiger partial charge is 0.146 e. The van der Waals surface area contributed by atoms with Crippen LogP contribution >= 0.6 is 22.6 Å². The molecular weight excluding hydrogens is 327 g/mol. The van der Waals surface area contributed by atoms with Gasteiger partial charge in [0.05, 0.1) is 18.1 Å². The fourth-order valence-electron chi connectivity index (χ4n) is 1.81. The van der Waals surface area contributed by atoms with E-state index < -0.39 is 0 Å². The van der Waals surface area contributed by atoms with Gasteiger partial charge in [0, 0.05) is 3.57 Å². The fraction of sp³-hybridized carbons (Fsp3) is 0.0769. The average molecular weight is 336 g/mol. The van der Waals surface area contributed by atoms with Gasteiger partial charge in [0.2, 0.25) is 0 Å². The zero-order chi connectivity index (χ0) is 11.8. The van der Waals surface area contributed by atoms with Crippen LogP contribution in [0.2, 0.25) is 0 Å². The van der Waals surface area contributed by atoms with Gasteiger partial charge in [0.25, 0.3) is 0 Å². The van der Waals surface area contributed by atoms with Crippen LogP contribution in [0.1, 0.15) is 0 Å². The van der Waals surface area contributed by atoms with Crippen LogP contribution in [0.3, 0.4) is 0 Å². The van der Waals surface area contributed by atoms with Crippen LogP contribution in [0.15, 0.2) is 36.4 Å². The van der Waals surface area contributed by atoms with E-state index in [-0.39, 0.29) is 0 Å². The first-order chi connectivity index (χ1) is 8.29. The number of methoxy groups -OCH3 is 1. The van der Waals surface area contributed by atoms with E-state index in [9.17, 15) is 0 Å². The van der Waals surface area contributed by atoms with Crippen molar-refractivity contribution in [2.24, 2.45) is 0 Å². The molecule has 0 atom stereocenters. The third-order valence-electron chi connectivity index (χ3n) is 2.63. The molecule has 0 bridgehead atoms. The fourth-order valence-corrected chi connectivity index (χ4v) is 2.37. The topological polar surface area (TPSA) is 35.0 Å². The monoisotopic (exact) mass is 336 g/mol. The van der Waals surface area contributed by atoms with Crippen molar-refractivity contribution in [3.63, 3.8) is 0 Å². The summed E-state index contributed by atoms with van der Waals surface area (Å²) in [5.74, 6) is 0.763. The molecule has 1 heterocycles. The first kappa shape index (κ1) is 10.7. The molecule has 0 aliphatic carbocycles. The molecule has 0 radical (unpaired) electrons. The normalized spacial score (nSPS) is 10.9. The van der Waals surface area contributed by atoms with E-state index >= 15 is 0 Å². The summed E-state index contributed by atoms with van der Waals surface area (Å²) in [6.45, 7) is 0. The standard InChI is InChI=1S/C13H9IN2O/c1-17-11-7-6-8(14)12-13(11)16-10-5-3-2-4-9(10)15-12/h2-7H,1H3. The molecule has 0 saturated heterocycles. The molecular formula is C13H9IN2O. The Morgan fingerprint density at radius 3 is 2.24 bits per heavy atom. The Bertz CT molecular complexity index is 712. The van der Waals surface area contributed by atoms with Crippen molar-refractivity contribution in [3.8, 4) is 5.75 Å². The highest BCUT2D eigenvalue weighted by molar-refractivity contribution is 14.1. The summed E-state index contributed by atoms with van der Waals surface area (Å²) < 4.78 is 6.41. The molecule has 0 unspecified atom stereocenters. The highest BCUT2D eigenvalue weighted by Crippen LogP contribution is 2.28. The number of halogens is 1. The van der Waals surface area contributed by atoms with Crippen molar-refractivity contribution in [1.29, 1.82) is 0 Å². The summed E-state index contributed by atoms with van der Waals surface area (Å²) in [6, 6.07) is 11.8. The van der Waals surface area contributed by atoms with Crippen LogP contribution in [0.25, 0.3) is 22.1 Å². The zero-order valence-electron chi connectivity index (χ0n) is 9.14. The second kappa shape index (κ2) is 4.10. The van der Waals surface area contributed by atoms with Crippen LogP contribution in [-0.4, -0.2) is 17.1 Å². The predicted molar refractivity (Wildman–Crippen MR) is 76.3 cm³/mol. The lowest BCUT2D eigenvalue weighted by molar-refractivity contribution is 0.419. The summed E-state index contributed by atoms with van der Waals surface area (Å²) in [6.07, 6.45) is 0. The number of para-hydroxylation sites is 2. The second-order valence-electron chi connectivity index (χ2n) is 3.66. The van der Waals surface area contributed by atoms with Gasteiger partial charge in [0.1, 0.15) is 16.8 Å². The van der Waals surface area contributed by atoms with Gasteiger partial charge in [-0.2, -0.15) is 0 Å². The van der Waals surface area contributed by atoms with Crippen LogP contribution in [0.5, 0.6) is 5.75 Å². The summed E-state index contributed by atoms with van der Waals surface area (Å²) in [5.41, 5.74) is 3.51. The van der Waals surface area contributed by atoms with E-state index in [0.717, 1.165) is 31.4 Å². The third-order valence-corrected chi connectivity index (χ3v) is 3.50. The highest BCUT2D eigenvalue weighted by Gasteiger charge is 2.09. The van der Waals surface area contributed by atoms with E-state index in [1.54, 1.807) is 7.11 Å². The van der Waals surface area contributed by atoms with Gasteiger partial charge in [-0.1, -0.05) is 12.1 Å². The van der Waals surface area contributed by atoms with Crippen molar-refractivity contribution < 1.29 is 4.74 Å². The Morgan fingerprint density at radius 1 is 0.941 bits per heavy atom. The Labute approximate surface area is 112 Å². The molecule has 0 aliphatic heterocycles. The Kier molecular flexibility index (Phi) is 2.58. The van der Waals surface area contributed by atoms with Gasteiger partial charge >= 0.3 is 0 Å².